The second kappa shape index (κ2) is 5.55. The van der Waals surface area contributed by atoms with Crippen molar-refractivity contribution in [3.63, 3.8) is 0 Å². The lowest BCUT2D eigenvalue weighted by molar-refractivity contribution is 0.626. The van der Waals surface area contributed by atoms with Crippen LogP contribution in [-0.2, 0) is 5.75 Å². The minimum atomic E-state index is -0.312. The molecule has 0 amide bonds. The van der Waals surface area contributed by atoms with E-state index >= 15 is 0 Å². The minimum absolute atomic E-state index is 0.223. The van der Waals surface area contributed by atoms with E-state index in [0.29, 0.717) is 22.0 Å². The standard InChI is InChI=1S/C17H11FN2O2S/c18-11-5-3-4-10(8-11)9-23-17-19-14-12-6-1-2-7-13(12)22-15(14)16(21)20-17/h1-8H,9H2,(H,19,20,21). The Balaban J connectivity index is 1.73. The summed E-state index contributed by atoms with van der Waals surface area (Å²) in [4.78, 5) is 19.4. The zero-order valence-corrected chi connectivity index (χ0v) is 12.7. The normalized spacial score (nSPS) is 11.3. The molecule has 0 spiro atoms. The van der Waals surface area contributed by atoms with E-state index in [0.717, 1.165) is 10.9 Å². The number of halogens is 1. The molecule has 4 aromatic rings. The molecule has 0 aliphatic rings. The van der Waals surface area contributed by atoms with Gasteiger partial charge in [-0.15, -0.1) is 0 Å². The van der Waals surface area contributed by atoms with Gasteiger partial charge in [-0.05, 0) is 29.8 Å². The molecule has 114 valence electrons. The van der Waals surface area contributed by atoms with Crippen molar-refractivity contribution in [3.05, 3.63) is 70.3 Å². The van der Waals surface area contributed by atoms with Gasteiger partial charge in [0.25, 0.3) is 5.56 Å². The van der Waals surface area contributed by atoms with Gasteiger partial charge in [-0.25, -0.2) is 9.37 Å². The fourth-order valence-electron chi connectivity index (χ4n) is 2.43. The van der Waals surface area contributed by atoms with Crippen molar-refractivity contribution < 1.29 is 8.81 Å². The number of nitrogens with zero attached hydrogens (tertiary/aromatic N) is 1. The van der Waals surface area contributed by atoms with E-state index in [1.54, 1.807) is 12.1 Å². The highest BCUT2D eigenvalue weighted by Gasteiger charge is 2.13. The lowest BCUT2D eigenvalue weighted by atomic mass is 10.2. The quantitative estimate of drug-likeness (QED) is 0.455. The lowest BCUT2D eigenvalue weighted by Gasteiger charge is -2.01. The summed E-state index contributed by atoms with van der Waals surface area (Å²) in [5, 5.41) is 1.29. The van der Waals surface area contributed by atoms with Crippen LogP contribution < -0.4 is 5.56 Å². The molecule has 0 radical (unpaired) electrons. The first-order valence-electron chi connectivity index (χ1n) is 6.99. The average Bonchev–Trinajstić information content (AvgIpc) is 2.93. The molecule has 0 fully saturated rings. The molecule has 4 nitrogen and oxygen atoms in total. The SMILES string of the molecule is O=c1[nH]c(SCc2cccc(F)c2)nc2c1oc1ccccc12. The lowest BCUT2D eigenvalue weighted by Crippen LogP contribution is -2.07. The van der Waals surface area contributed by atoms with Crippen molar-refractivity contribution in [2.45, 2.75) is 10.9 Å². The molecule has 2 aromatic heterocycles. The molecule has 0 unspecified atom stereocenters. The maximum Gasteiger partial charge on any atom is 0.295 e. The number of rotatable bonds is 3. The van der Waals surface area contributed by atoms with Crippen molar-refractivity contribution in [2.75, 3.05) is 0 Å². The van der Waals surface area contributed by atoms with Crippen LogP contribution in [0.15, 0.2) is 62.9 Å². The Morgan fingerprint density at radius 2 is 2.04 bits per heavy atom. The van der Waals surface area contributed by atoms with Gasteiger partial charge < -0.3 is 4.42 Å². The van der Waals surface area contributed by atoms with E-state index in [9.17, 15) is 9.18 Å². The third-order valence-electron chi connectivity index (χ3n) is 3.47. The maximum atomic E-state index is 13.2. The van der Waals surface area contributed by atoms with E-state index in [1.165, 1.54) is 23.9 Å². The third-order valence-corrected chi connectivity index (χ3v) is 4.42. The number of H-pyrrole nitrogens is 1. The Morgan fingerprint density at radius 1 is 1.17 bits per heavy atom. The van der Waals surface area contributed by atoms with Crippen LogP contribution in [-0.4, -0.2) is 9.97 Å². The van der Waals surface area contributed by atoms with Crippen LogP contribution in [0.5, 0.6) is 0 Å². The van der Waals surface area contributed by atoms with E-state index < -0.39 is 0 Å². The molecule has 0 saturated heterocycles. The van der Waals surface area contributed by atoms with Gasteiger partial charge >= 0.3 is 0 Å². The number of furan rings is 1. The first-order chi connectivity index (χ1) is 11.2. The van der Waals surface area contributed by atoms with Gasteiger partial charge in [0.15, 0.2) is 5.16 Å². The maximum absolute atomic E-state index is 13.2. The Morgan fingerprint density at radius 3 is 2.91 bits per heavy atom. The number of fused-ring (bicyclic) bond motifs is 3. The van der Waals surface area contributed by atoms with Crippen LogP contribution in [0.1, 0.15) is 5.56 Å². The molecular weight excluding hydrogens is 315 g/mol. The minimum Gasteiger partial charge on any atom is -0.449 e. The molecule has 6 heteroatoms. The summed E-state index contributed by atoms with van der Waals surface area (Å²) >= 11 is 1.35. The van der Waals surface area contributed by atoms with Gasteiger partial charge in [0.2, 0.25) is 5.58 Å². The predicted molar refractivity (Wildman–Crippen MR) is 88.1 cm³/mol. The van der Waals surface area contributed by atoms with Crippen molar-refractivity contribution in [1.29, 1.82) is 0 Å². The summed E-state index contributed by atoms with van der Waals surface area (Å²) in [7, 11) is 0. The zero-order chi connectivity index (χ0) is 15.8. The second-order valence-electron chi connectivity index (χ2n) is 5.07. The Kier molecular flexibility index (Phi) is 3.38. The number of hydrogen-bond donors (Lipinski definition) is 1. The molecular formula is C17H11FN2O2S. The highest BCUT2D eigenvalue weighted by atomic mass is 32.2. The van der Waals surface area contributed by atoms with Crippen LogP contribution in [0.25, 0.3) is 22.1 Å². The highest BCUT2D eigenvalue weighted by molar-refractivity contribution is 7.98. The summed E-state index contributed by atoms with van der Waals surface area (Å²) in [6, 6.07) is 13.8. The second-order valence-corrected chi connectivity index (χ2v) is 6.03. The molecule has 0 aliphatic carbocycles. The van der Waals surface area contributed by atoms with E-state index in [2.05, 4.69) is 9.97 Å². The van der Waals surface area contributed by atoms with E-state index in [-0.39, 0.29) is 17.0 Å². The van der Waals surface area contributed by atoms with Gasteiger partial charge in [0.05, 0.1) is 0 Å². The number of aromatic nitrogens is 2. The average molecular weight is 326 g/mol. The predicted octanol–water partition coefficient (Wildman–Crippen LogP) is 4.10. The number of para-hydroxylation sites is 1. The smallest absolute Gasteiger partial charge is 0.295 e. The third kappa shape index (κ3) is 2.61. The van der Waals surface area contributed by atoms with Crippen LogP contribution >= 0.6 is 11.8 Å². The molecule has 23 heavy (non-hydrogen) atoms. The van der Waals surface area contributed by atoms with E-state index in [1.807, 2.05) is 24.3 Å². The molecule has 1 N–H and O–H groups in total. The number of benzene rings is 2. The van der Waals surface area contributed by atoms with Crippen molar-refractivity contribution in [3.8, 4) is 0 Å². The summed E-state index contributed by atoms with van der Waals surface area (Å²) in [5.74, 6) is 0.239. The molecule has 0 aliphatic heterocycles. The number of aromatic amines is 1. The fraction of sp³-hybridized carbons (Fsp3) is 0.0588. The molecule has 2 aromatic carbocycles. The summed E-state index contributed by atoms with van der Waals surface area (Å²) < 4.78 is 18.8. The van der Waals surface area contributed by atoms with Crippen molar-refractivity contribution in [1.82, 2.24) is 9.97 Å². The largest absolute Gasteiger partial charge is 0.449 e. The summed E-state index contributed by atoms with van der Waals surface area (Å²) in [6.45, 7) is 0. The number of hydrogen-bond acceptors (Lipinski definition) is 4. The first kappa shape index (κ1) is 14.0. The van der Waals surface area contributed by atoms with Gasteiger partial charge in [0.1, 0.15) is 16.9 Å². The fourth-order valence-corrected chi connectivity index (χ4v) is 3.23. The van der Waals surface area contributed by atoms with Crippen LogP contribution in [0.3, 0.4) is 0 Å². The summed E-state index contributed by atoms with van der Waals surface area (Å²) in [6.07, 6.45) is 0. The van der Waals surface area contributed by atoms with E-state index in [4.69, 9.17) is 4.42 Å². The first-order valence-corrected chi connectivity index (χ1v) is 7.98. The van der Waals surface area contributed by atoms with Gasteiger partial charge in [0, 0.05) is 11.1 Å². The number of thioether (sulfide) groups is 1. The Bertz CT molecular complexity index is 1070. The van der Waals surface area contributed by atoms with Crippen LogP contribution in [0.4, 0.5) is 4.39 Å². The van der Waals surface area contributed by atoms with Crippen LogP contribution in [0, 0.1) is 5.82 Å². The molecule has 0 saturated carbocycles. The molecule has 4 rings (SSSR count). The Hall–Kier alpha value is -2.60. The summed E-state index contributed by atoms with van der Waals surface area (Å²) in [5.41, 5.74) is 1.92. The molecule has 0 atom stereocenters. The molecule has 0 bridgehead atoms. The van der Waals surface area contributed by atoms with Gasteiger partial charge in [-0.2, -0.15) is 0 Å². The van der Waals surface area contributed by atoms with Gasteiger partial charge in [-0.1, -0.05) is 36.0 Å². The monoisotopic (exact) mass is 326 g/mol. The topological polar surface area (TPSA) is 58.9 Å². The van der Waals surface area contributed by atoms with Gasteiger partial charge in [-0.3, -0.25) is 9.78 Å². The number of nitrogens with one attached hydrogen (secondary N) is 1. The Labute approximate surface area is 134 Å². The highest BCUT2D eigenvalue weighted by Crippen LogP contribution is 2.27. The molecule has 2 heterocycles. The zero-order valence-electron chi connectivity index (χ0n) is 11.9. The van der Waals surface area contributed by atoms with Crippen molar-refractivity contribution >= 4 is 33.8 Å². The van der Waals surface area contributed by atoms with Crippen molar-refractivity contribution in [2.24, 2.45) is 0 Å². The van der Waals surface area contributed by atoms with Crippen LogP contribution in [0.2, 0.25) is 0 Å².